The van der Waals surface area contributed by atoms with E-state index >= 15 is 0 Å². The van der Waals surface area contributed by atoms with Gasteiger partial charge in [0.15, 0.2) is 5.16 Å². The number of hydrogen-bond donors (Lipinski definition) is 0. The number of rotatable bonds is 5. The molecule has 0 aliphatic heterocycles. The number of para-hydroxylation sites is 1. The number of nitrogens with zero attached hydrogens (tertiary/aromatic N) is 3. The molecule has 0 N–H and O–H groups in total. The molecule has 0 aliphatic carbocycles. The Balaban J connectivity index is 1.50. The van der Waals surface area contributed by atoms with Crippen LogP contribution in [0, 0.1) is 0 Å². The molecule has 0 saturated carbocycles. The maximum absolute atomic E-state index is 13.3. The summed E-state index contributed by atoms with van der Waals surface area (Å²) in [5, 5.41) is 6.52. The molecule has 0 spiro atoms. The fraction of sp³-hybridized carbons (Fsp3) is 0.0417. The number of aromatic nitrogens is 3. The largest absolute Gasteiger partial charge is 0.360 e. The first-order valence-electron chi connectivity index (χ1n) is 9.70. The van der Waals surface area contributed by atoms with Crippen LogP contribution in [-0.4, -0.2) is 14.7 Å². The Bertz CT molecular complexity index is 1460. The minimum Gasteiger partial charge on any atom is -0.360 e. The van der Waals surface area contributed by atoms with Crippen molar-refractivity contribution in [2.75, 3.05) is 0 Å². The smallest absolute Gasteiger partial charge is 0.266 e. The highest BCUT2D eigenvalue weighted by Gasteiger charge is 2.15. The van der Waals surface area contributed by atoms with Crippen LogP contribution in [0.3, 0.4) is 0 Å². The first-order valence-corrected chi connectivity index (χ1v) is 11.4. The van der Waals surface area contributed by atoms with E-state index in [0.717, 1.165) is 11.3 Å². The summed E-state index contributed by atoms with van der Waals surface area (Å²) in [5.74, 6) is 1.13. The van der Waals surface area contributed by atoms with Crippen LogP contribution in [0.15, 0.2) is 93.3 Å². The number of hydrogen-bond acceptors (Lipinski definition) is 5. The predicted octanol–water partition coefficient (Wildman–Crippen LogP) is 6.64. The van der Waals surface area contributed by atoms with Crippen molar-refractivity contribution >= 4 is 45.9 Å². The van der Waals surface area contributed by atoms with Crippen molar-refractivity contribution in [3.63, 3.8) is 0 Å². The molecule has 3 aromatic carbocycles. The second kappa shape index (κ2) is 8.82. The minimum absolute atomic E-state index is 0.139. The van der Waals surface area contributed by atoms with Crippen LogP contribution >= 0.6 is 35.0 Å². The van der Waals surface area contributed by atoms with Crippen LogP contribution in [0.5, 0.6) is 0 Å². The molecule has 0 unspecified atom stereocenters. The third-order valence-electron chi connectivity index (χ3n) is 4.87. The van der Waals surface area contributed by atoms with Gasteiger partial charge in [0.2, 0.25) is 0 Å². The van der Waals surface area contributed by atoms with E-state index in [1.54, 1.807) is 34.9 Å². The molecule has 0 amide bonds. The molecule has 5 aromatic rings. The molecular weight excluding hydrogens is 465 g/mol. The van der Waals surface area contributed by atoms with E-state index in [2.05, 4.69) is 5.16 Å². The zero-order valence-electron chi connectivity index (χ0n) is 16.5. The summed E-state index contributed by atoms with van der Waals surface area (Å²) in [6.45, 7) is 0. The second-order valence-electron chi connectivity index (χ2n) is 7.00. The third-order valence-corrected chi connectivity index (χ3v) is 6.34. The molecule has 8 heteroatoms. The van der Waals surface area contributed by atoms with Gasteiger partial charge >= 0.3 is 0 Å². The van der Waals surface area contributed by atoms with Crippen molar-refractivity contribution in [1.82, 2.24) is 14.7 Å². The summed E-state index contributed by atoms with van der Waals surface area (Å²) in [6, 6.07) is 23.7. The fourth-order valence-corrected chi connectivity index (χ4v) is 4.44. The Labute approximate surface area is 197 Å². The molecule has 0 fully saturated rings. The van der Waals surface area contributed by atoms with Gasteiger partial charge < -0.3 is 4.52 Å². The van der Waals surface area contributed by atoms with Crippen molar-refractivity contribution in [2.45, 2.75) is 10.9 Å². The van der Waals surface area contributed by atoms with Gasteiger partial charge in [0, 0.05) is 21.7 Å². The molecular formula is C24H15Cl2N3O2S. The fourth-order valence-electron chi connectivity index (χ4n) is 3.30. The van der Waals surface area contributed by atoms with Crippen LogP contribution in [0.4, 0.5) is 0 Å². The molecule has 5 nitrogen and oxygen atoms in total. The Morgan fingerprint density at radius 3 is 2.34 bits per heavy atom. The first kappa shape index (κ1) is 20.8. The lowest BCUT2D eigenvalue weighted by atomic mass is 10.1. The topological polar surface area (TPSA) is 60.9 Å². The van der Waals surface area contributed by atoms with E-state index in [1.807, 2.05) is 48.5 Å². The monoisotopic (exact) mass is 479 g/mol. The molecule has 2 aromatic heterocycles. The van der Waals surface area contributed by atoms with Gasteiger partial charge in [-0.05, 0) is 48.5 Å². The third kappa shape index (κ3) is 4.17. The summed E-state index contributed by atoms with van der Waals surface area (Å²) in [4.78, 5) is 18.0. The van der Waals surface area contributed by atoms with Gasteiger partial charge in [0.1, 0.15) is 11.5 Å². The quantitative estimate of drug-likeness (QED) is 0.209. The molecule has 0 atom stereocenters. The van der Waals surface area contributed by atoms with Crippen molar-refractivity contribution in [1.29, 1.82) is 0 Å². The molecule has 2 heterocycles. The lowest BCUT2D eigenvalue weighted by Crippen LogP contribution is -2.21. The molecule has 0 radical (unpaired) electrons. The van der Waals surface area contributed by atoms with E-state index in [1.165, 1.54) is 11.8 Å². The van der Waals surface area contributed by atoms with Gasteiger partial charge in [-0.3, -0.25) is 9.36 Å². The van der Waals surface area contributed by atoms with Crippen molar-refractivity contribution in [3.05, 3.63) is 105 Å². The first-order chi connectivity index (χ1) is 15.6. The summed E-state index contributed by atoms with van der Waals surface area (Å²) < 4.78 is 7.11. The average Bonchev–Trinajstić information content (AvgIpc) is 3.28. The number of halogens is 2. The van der Waals surface area contributed by atoms with Crippen molar-refractivity contribution in [3.8, 4) is 16.9 Å². The van der Waals surface area contributed by atoms with Crippen LogP contribution in [-0.2, 0) is 5.75 Å². The number of fused-ring (bicyclic) bond motifs is 1. The Morgan fingerprint density at radius 1 is 0.906 bits per heavy atom. The zero-order chi connectivity index (χ0) is 22.1. The van der Waals surface area contributed by atoms with Gasteiger partial charge in [-0.15, -0.1) is 0 Å². The van der Waals surface area contributed by atoms with E-state index < -0.39 is 0 Å². The number of thioether (sulfide) groups is 1. The highest BCUT2D eigenvalue weighted by atomic mass is 35.5. The molecule has 0 bridgehead atoms. The normalized spacial score (nSPS) is 11.2. The maximum atomic E-state index is 13.3. The second-order valence-corrected chi connectivity index (χ2v) is 8.82. The lowest BCUT2D eigenvalue weighted by Gasteiger charge is -2.12. The summed E-state index contributed by atoms with van der Waals surface area (Å²) in [6.07, 6.45) is 0. The molecule has 0 aliphatic rings. The molecule has 0 saturated heterocycles. The predicted molar refractivity (Wildman–Crippen MR) is 129 cm³/mol. The van der Waals surface area contributed by atoms with Crippen molar-refractivity contribution in [2.24, 2.45) is 0 Å². The SMILES string of the molecule is O=c1c2ccccc2nc(SCc2cc(-c3ccc(Cl)cc3)no2)n1-c1ccc(Cl)cc1. The van der Waals surface area contributed by atoms with E-state index in [0.29, 0.717) is 43.3 Å². The summed E-state index contributed by atoms with van der Waals surface area (Å²) >= 11 is 13.4. The molecule has 32 heavy (non-hydrogen) atoms. The van der Waals surface area contributed by atoms with Gasteiger partial charge in [-0.1, -0.05) is 64.4 Å². The van der Waals surface area contributed by atoms with E-state index in [-0.39, 0.29) is 5.56 Å². The summed E-state index contributed by atoms with van der Waals surface area (Å²) in [5.41, 5.74) is 2.83. The van der Waals surface area contributed by atoms with Crippen molar-refractivity contribution < 1.29 is 4.52 Å². The van der Waals surface area contributed by atoms with E-state index in [4.69, 9.17) is 32.7 Å². The maximum Gasteiger partial charge on any atom is 0.266 e. The molecule has 158 valence electrons. The number of benzene rings is 3. The standard InChI is InChI=1S/C24H15Cl2N3O2S/c25-16-7-5-15(6-8-16)22-13-19(31-28-22)14-32-24-27-21-4-2-1-3-20(21)23(30)29(24)18-11-9-17(26)10-12-18/h1-13H,14H2. The Hall–Kier alpha value is -3.06. The van der Waals surface area contributed by atoms with Gasteiger partial charge in [-0.2, -0.15) is 0 Å². The Morgan fingerprint density at radius 2 is 1.59 bits per heavy atom. The Kier molecular flexibility index (Phi) is 5.74. The van der Waals surface area contributed by atoms with E-state index in [9.17, 15) is 4.79 Å². The van der Waals surface area contributed by atoms with Gasteiger partial charge in [0.25, 0.3) is 5.56 Å². The highest BCUT2D eigenvalue weighted by molar-refractivity contribution is 7.98. The van der Waals surface area contributed by atoms with Crippen LogP contribution < -0.4 is 5.56 Å². The van der Waals surface area contributed by atoms with Crippen LogP contribution in [0.2, 0.25) is 10.0 Å². The van der Waals surface area contributed by atoms with Gasteiger partial charge in [0.05, 0.1) is 22.3 Å². The average molecular weight is 480 g/mol. The highest BCUT2D eigenvalue weighted by Crippen LogP contribution is 2.28. The van der Waals surface area contributed by atoms with Crippen LogP contribution in [0.1, 0.15) is 5.76 Å². The zero-order valence-corrected chi connectivity index (χ0v) is 18.9. The van der Waals surface area contributed by atoms with Gasteiger partial charge in [-0.25, -0.2) is 4.98 Å². The summed E-state index contributed by atoms with van der Waals surface area (Å²) in [7, 11) is 0. The molecule has 5 rings (SSSR count). The lowest BCUT2D eigenvalue weighted by molar-refractivity contribution is 0.397. The minimum atomic E-state index is -0.139. The van der Waals surface area contributed by atoms with Crippen LogP contribution in [0.25, 0.3) is 27.8 Å².